The Morgan fingerprint density at radius 1 is 1.48 bits per heavy atom. The van der Waals surface area contributed by atoms with E-state index >= 15 is 0 Å². The molecule has 0 aromatic heterocycles. The van der Waals surface area contributed by atoms with Crippen LogP contribution in [0.5, 0.6) is 0 Å². The Hall–Kier alpha value is -1.22. The van der Waals surface area contributed by atoms with Crippen LogP contribution in [0.15, 0.2) is 23.1 Å². The van der Waals surface area contributed by atoms with Crippen LogP contribution in [0.4, 0.5) is 5.69 Å². The van der Waals surface area contributed by atoms with E-state index in [4.69, 9.17) is 11.6 Å². The fourth-order valence-electron chi connectivity index (χ4n) is 1.76. The van der Waals surface area contributed by atoms with Gasteiger partial charge in [-0.3, -0.25) is 10.1 Å². The van der Waals surface area contributed by atoms with Gasteiger partial charge in [0.1, 0.15) is 5.02 Å². The summed E-state index contributed by atoms with van der Waals surface area (Å²) in [6.07, 6.45) is 1.12. The molecule has 1 unspecified atom stereocenters. The van der Waals surface area contributed by atoms with E-state index in [1.165, 1.54) is 13.0 Å². The summed E-state index contributed by atoms with van der Waals surface area (Å²) in [4.78, 5) is 9.74. The topological polar surface area (TPSA) is 110 Å². The molecular weight excluding hydrogens is 320 g/mol. The van der Waals surface area contributed by atoms with Crippen molar-refractivity contribution in [3.63, 3.8) is 0 Å². The molecule has 0 radical (unpaired) electrons. The fourth-order valence-corrected chi connectivity index (χ4v) is 3.13. The van der Waals surface area contributed by atoms with Crippen LogP contribution >= 0.6 is 11.6 Å². The van der Waals surface area contributed by atoms with Crippen LogP contribution in [0.1, 0.15) is 26.7 Å². The summed E-state index contributed by atoms with van der Waals surface area (Å²) in [6, 6.07) is 3.21. The van der Waals surface area contributed by atoms with Gasteiger partial charge in [-0.15, -0.1) is 0 Å². The third-order valence-electron chi connectivity index (χ3n) is 2.86. The summed E-state index contributed by atoms with van der Waals surface area (Å²) in [5, 5.41) is 20.6. The lowest BCUT2D eigenvalue weighted by Gasteiger charge is -2.22. The van der Waals surface area contributed by atoms with E-state index in [9.17, 15) is 23.6 Å². The van der Waals surface area contributed by atoms with Crippen LogP contribution in [0.2, 0.25) is 5.02 Å². The first-order valence-electron chi connectivity index (χ1n) is 6.25. The largest absolute Gasteiger partial charge is 0.389 e. The molecule has 0 fully saturated rings. The average Bonchev–Trinajstić information content (AvgIpc) is 2.36. The lowest BCUT2D eigenvalue weighted by molar-refractivity contribution is -0.384. The second-order valence-corrected chi connectivity index (χ2v) is 7.12. The Morgan fingerprint density at radius 2 is 2.10 bits per heavy atom. The number of sulfonamides is 1. The van der Waals surface area contributed by atoms with Crippen molar-refractivity contribution in [3.8, 4) is 0 Å². The van der Waals surface area contributed by atoms with Crippen molar-refractivity contribution >= 4 is 27.3 Å². The minimum Gasteiger partial charge on any atom is -0.389 e. The monoisotopic (exact) mass is 336 g/mol. The number of nitro groups is 1. The Morgan fingerprint density at radius 3 is 2.62 bits per heavy atom. The van der Waals surface area contributed by atoms with Crippen molar-refractivity contribution in [1.82, 2.24) is 4.72 Å². The summed E-state index contributed by atoms with van der Waals surface area (Å²) in [7, 11) is -3.96. The highest BCUT2D eigenvalue weighted by Crippen LogP contribution is 2.27. The van der Waals surface area contributed by atoms with Crippen molar-refractivity contribution in [2.45, 2.75) is 37.2 Å². The molecule has 0 saturated carbocycles. The summed E-state index contributed by atoms with van der Waals surface area (Å²) in [5.41, 5.74) is -1.67. The number of nitrogens with one attached hydrogen (secondary N) is 1. The molecule has 1 atom stereocenters. The van der Waals surface area contributed by atoms with Gasteiger partial charge in [0.15, 0.2) is 0 Å². The van der Waals surface area contributed by atoms with E-state index in [1.807, 2.05) is 6.92 Å². The van der Waals surface area contributed by atoms with Gasteiger partial charge in [0.2, 0.25) is 10.0 Å². The van der Waals surface area contributed by atoms with Gasteiger partial charge >= 0.3 is 0 Å². The summed E-state index contributed by atoms with van der Waals surface area (Å²) < 4.78 is 26.4. The fraction of sp³-hybridized carbons (Fsp3) is 0.500. The lowest BCUT2D eigenvalue weighted by atomic mass is 10.0. The van der Waals surface area contributed by atoms with Crippen molar-refractivity contribution < 1.29 is 18.4 Å². The molecule has 1 aromatic rings. The van der Waals surface area contributed by atoms with Gasteiger partial charge in [-0.05, 0) is 25.5 Å². The third kappa shape index (κ3) is 4.92. The highest BCUT2D eigenvalue weighted by Gasteiger charge is 2.25. The smallest absolute Gasteiger partial charge is 0.289 e. The molecule has 7 nitrogen and oxygen atoms in total. The molecule has 1 rings (SSSR count). The van der Waals surface area contributed by atoms with Gasteiger partial charge in [0, 0.05) is 12.6 Å². The minimum absolute atomic E-state index is 0.142. The summed E-state index contributed by atoms with van der Waals surface area (Å²) in [6.45, 7) is 3.20. The summed E-state index contributed by atoms with van der Waals surface area (Å²) >= 11 is 5.64. The van der Waals surface area contributed by atoms with Crippen LogP contribution in [-0.2, 0) is 10.0 Å². The molecule has 0 bridgehead atoms. The van der Waals surface area contributed by atoms with Crippen molar-refractivity contribution in [2.24, 2.45) is 0 Å². The van der Waals surface area contributed by atoms with Gasteiger partial charge in [-0.2, -0.15) is 0 Å². The van der Waals surface area contributed by atoms with E-state index in [0.29, 0.717) is 12.8 Å². The Kier molecular flexibility index (Phi) is 5.68. The van der Waals surface area contributed by atoms with Gasteiger partial charge in [0.25, 0.3) is 5.69 Å². The second-order valence-electron chi connectivity index (χ2n) is 4.94. The number of halogens is 1. The molecule has 9 heteroatoms. The zero-order valence-electron chi connectivity index (χ0n) is 11.7. The van der Waals surface area contributed by atoms with E-state index in [2.05, 4.69) is 4.72 Å². The SMILES string of the molecule is CCCC(C)(O)CNS(=O)(=O)c1ccc(Cl)c([N+](=O)[O-])c1. The van der Waals surface area contributed by atoms with Gasteiger partial charge in [-0.25, -0.2) is 13.1 Å². The standard InChI is InChI=1S/C12H17ClN2O5S/c1-3-6-12(2,16)8-14-21(19,20)9-4-5-10(13)11(7-9)15(17)18/h4-5,7,14,16H,3,6,8H2,1-2H3. The van der Waals surface area contributed by atoms with Crippen LogP contribution in [0, 0.1) is 10.1 Å². The molecule has 2 N–H and O–H groups in total. The van der Waals surface area contributed by atoms with Gasteiger partial charge in [0.05, 0.1) is 15.4 Å². The van der Waals surface area contributed by atoms with Gasteiger partial charge < -0.3 is 5.11 Å². The molecule has 1 aromatic carbocycles. The average molecular weight is 337 g/mol. The number of benzene rings is 1. The molecule has 0 spiro atoms. The molecule has 21 heavy (non-hydrogen) atoms. The first kappa shape index (κ1) is 17.8. The maximum absolute atomic E-state index is 12.1. The molecule has 0 aliphatic rings. The van der Waals surface area contributed by atoms with Crippen molar-refractivity contribution in [3.05, 3.63) is 33.3 Å². The third-order valence-corrected chi connectivity index (χ3v) is 4.57. The number of rotatable bonds is 7. The predicted octanol–water partition coefficient (Wildman–Crippen LogP) is 2.08. The van der Waals surface area contributed by atoms with E-state index in [-0.39, 0.29) is 16.5 Å². The van der Waals surface area contributed by atoms with Crippen molar-refractivity contribution in [1.29, 1.82) is 0 Å². The molecule has 118 valence electrons. The molecule has 0 aliphatic heterocycles. The van der Waals surface area contributed by atoms with Crippen LogP contribution in [0.3, 0.4) is 0 Å². The molecule has 0 heterocycles. The number of nitro benzene ring substituents is 1. The normalized spacial score (nSPS) is 14.7. The lowest BCUT2D eigenvalue weighted by Crippen LogP contribution is -2.40. The van der Waals surface area contributed by atoms with E-state index in [1.54, 1.807) is 0 Å². The first-order valence-corrected chi connectivity index (χ1v) is 8.11. The molecule has 0 aliphatic carbocycles. The van der Waals surface area contributed by atoms with Crippen molar-refractivity contribution in [2.75, 3.05) is 6.54 Å². The summed E-state index contributed by atoms with van der Waals surface area (Å²) in [5.74, 6) is 0. The zero-order valence-corrected chi connectivity index (χ0v) is 13.2. The first-order chi connectivity index (χ1) is 9.59. The number of hydrogen-bond acceptors (Lipinski definition) is 5. The Labute approximate surface area is 128 Å². The molecular formula is C12H17ClN2O5S. The quantitative estimate of drug-likeness (QED) is 0.585. The van der Waals surface area contributed by atoms with Crippen LogP contribution < -0.4 is 4.72 Å². The number of nitrogens with zero attached hydrogens (tertiary/aromatic N) is 1. The van der Waals surface area contributed by atoms with E-state index in [0.717, 1.165) is 12.1 Å². The molecule has 0 amide bonds. The highest BCUT2D eigenvalue weighted by atomic mass is 35.5. The zero-order chi connectivity index (χ0) is 16.3. The molecule has 0 saturated heterocycles. The highest BCUT2D eigenvalue weighted by molar-refractivity contribution is 7.89. The minimum atomic E-state index is -3.96. The van der Waals surface area contributed by atoms with Gasteiger partial charge in [-0.1, -0.05) is 24.9 Å². The van der Waals surface area contributed by atoms with Crippen LogP contribution in [0.25, 0.3) is 0 Å². The second kappa shape index (κ2) is 6.69. The predicted molar refractivity (Wildman–Crippen MR) is 78.8 cm³/mol. The maximum atomic E-state index is 12.1. The Bertz CT molecular complexity index is 631. The van der Waals surface area contributed by atoms with E-state index < -0.39 is 26.2 Å². The maximum Gasteiger partial charge on any atom is 0.289 e. The number of hydrogen-bond donors (Lipinski definition) is 2. The Balaban J connectivity index is 2.99. The number of aliphatic hydroxyl groups is 1. The van der Waals surface area contributed by atoms with Crippen LogP contribution in [-0.4, -0.2) is 30.6 Å².